The fraction of sp³-hybridized carbons (Fsp3) is 0.400. The van der Waals surface area contributed by atoms with Crippen molar-refractivity contribution in [3.8, 4) is 6.07 Å². The lowest BCUT2D eigenvalue weighted by atomic mass is 10.3. The Labute approximate surface area is 103 Å². The summed E-state index contributed by atoms with van der Waals surface area (Å²) in [6.07, 6.45) is 2.29. The van der Waals surface area contributed by atoms with E-state index in [9.17, 15) is 0 Å². The molecule has 0 aliphatic carbocycles. The van der Waals surface area contributed by atoms with E-state index in [2.05, 4.69) is 15.2 Å². The van der Waals surface area contributed by atoms with Gasteiger partial charge in [0, 0.05) is 7.05 Å². The summed E-state index contributed by atoms with van der Waals surface area (Å²) in [5.74, 6) is 0.152. The third kappa shape index (κ3) is 2.15. The molecule has 0 atom stereocenters. The molecule has 7 heteroatoms. The van der Waals surface area contributed by atoms with Crippen LogP contribution in [0, 0.1) is 11.3 Å². The second kappa shape index (κ2) is 4.55. The van der Waals surface area contributed by atoms with E-state index < -0.39 is 0 Å². The maximum atomic E-state index is 8.64. The molecule has 0 spiro atoms. The molecule has 88 valence electrons. The molecule has 0 aliphatic heterocycles. The van der Waals surface area contributed by atoms with E-state index in [-0.39, 0.29) is 5.82 Å². The minimum atomic E-state index is 0.152. The Morgan fingerprint density at radius 3 is 2.76 bits per heavy atom. The number of aromatic nitrogens is 5. The molecule has 0 saturated carbocycles. The first kappa shape index (κ1) is 11.6. The number of nitrogens with zero attached hydrogens (tertiary/aromatic N) is 6. The van der Waals surface area contributed by atoms with E-state index in [1.54, 1.807) is 9.36 Å². The van der Waals surface area contributed by atoms with Crippen LogP contribution in [-0.4, -0.2) is 24.5 Å². The highest BCUT2D eigenvalue weighted by Gasteiger charge is 2.13. The Bertz CT molecular complexity index is 576. The van der Waals surface area contributed by atoms with Crippen molar-refractivity contribution in [3.05, 3.63) is 28.6 Å². The topological polar surface area (TPSA) is 72.3 Å². The number of rotatable bonds is 3. The molecule has 6 nitrogen and oxygen atoms in total. The molecule has 2 aromatic heterocycles. The molecular weight excluding hydrogens is 240 g/mol. The summed E-state index contributed by atoms with van der Waals surface area (Å²) in [5, 5.41) is 17.6. The van der Waals surface area contributed by atoms with Crippen LogP contribution in [0.25, 0.3) is 0 Å². The minimum Gasteiger partial charge on any atom is -0.269 e. The van der Waals surface area contributed by atoms with Crippen LogP contribution in [0.4, 0.5) is 0 Å². The molecule has 2 heterocycles. The lowest BCUT2D eigenvalue weighted by molar-refractivity contribution is 0.615. The second-order valence-electron chi connectivity index (χ2n) is 3.56. The molecule has 17 heavy (non-hydrogen) atoms. The fourth-order valence-electron chi connectivity index (χ4n) is 1.57. The van der Waals surface area contributed by atoms with Crippen LogP contribution in [0.15, 0.2) is 6.33 Å². The maximum absolute atomic E-state index is 8.64. The first-order valence-corrected chi connectivity index (χ1v) is 5.53. The Morgan fingerprint density at radius 1 is 1.47 bits per heavy atom. The van der Waals surface area contributed by atoms with Crippen molar-refractivity contribution >= 4 is 11.6 Å². The van der Waals surface area contributed by atoms with Crippen molar-refractivity contribution in [1.29, 1.82) is 5.26 Å². The van der Waals surface area contributed by atoms with Crippen LogP contribution >= 0.6 is 11.6 Å². The Morgan fingerprint density at radius 2 is 2.24 bits per heavy atom. The van der Waals surface area contributed by atoms with Gasteiger partial charge in [-0.3, -0.25) is 4.68 Å². The highest BCUT2D eigenvalue weighted by molar-refractivity contribution is 6.31. The van der Waals surface area contributed by atoms with Crippen molar-refractivity contribution in [2.45, 2.75) is 19.9 Å². The summed E-state index contributed by atoms with van der Waals surface area (Å²) in [6.45, 7) is 2.46. The number of hydrogen-bond acceptors (Lipinski definition) is 4. The summed E-state index contributed by atoms with van der Waals surface area (Å²) < 4.78 is 3.30. The summed E-state index contributed by atoms with van der Waals surface area (Å²) >= 11 is 6.21. The van der Waals surface area contributed by atoms with Gasteiger partial charge in [0.1, 0.15) is 12.4 Å². The molecule has 2 aromatic rings. The van der Waals surface area contributed by atoms with E-state index in [0.717, 1.165) is 17.8 Å². The van der Waals surface area contributed by atoms with Crippen molar-refractivity contribution in [2.24, 2.45) is 7.05 Å². The lowest BCUT2D eigenvalue weighted by Gasteiger charge is -2.01. The van der Waals surface area contributed by atoms with E-state index >= 15 is 0 Å². The normalized spacial score (nSPS) is 10.5. The zero-order chi connectivity index (χ0) is 12.4. The van der Waals surface area contributed by atoms with Gasteiger partial charge < -0.3 is 0 Å². The van der Waals surface area contributed by atoms with Crippen molar-refractivity contribution in [2.75, 3.05) is 0 Å². The lowest BCUT2D eigenvalue weighted by Crippen LogP contribution is -2.06. The number of halogens is 1. The molecule has 0 aromatic carbocycles. The average molecular weight is 251 g/mol. The van der Waals surface area contributed by atoms with Gasteiger partial charge in [-0.15, -0.1) is 5.10 Å². The first-order valence-electron chi connectivity index (χ1n) is 5.15. The van der Waals surface area contributed by atoms with E-state index in [1.807, 2.05) is 20.0 Å². The monoisotopic (exact) mass is 250 g/mol. The molecule has 0 aliphatic rings. The molecule has 0 N–H and O–H groups in total. The Balaban J connectivity index is 2.30. The largest absolute Gasteiger partial charge is 0.269 e. The Hall–Kier alpha value is -1.87. The summed E-state index contributed by atoms with van der Waals surface area (Å²) in [5.41, 5.74) is 1.72. The smallest absolute Gasteiger partial charge is 0.252 e. The van der Waals surface area contributed by atoms with Crippen LogP contribution in [0.3, 0.4) is 0 Å². The van der Waals surface area contributed by atoms with Gasteiger partial charge in [0.15, 0.2) is 0 Å². The predicted octanol–water partition coefficient (Wildman–Crippen LogP) is 1.15. The summed E-state index contributed by atoms with van der Waals surface area (Å²) in [6, 6.07) is 1.88. The quantitative estimate of drug-likeness (QED) is 0.819. The molecule has 0 bridgehead atoms. The van der Waals surface area contributed by atoms with Crippen LogP contribution in [0.1, 0.15) is 24.1 Å². The van der Waals surface area contributed by atoms with E-state index in [4.69, 9.17) is 16.9 Å². The fourth-order valence-corrected chi connectivity index (χ4v) is 1.92. The highest BCUT2D eigenvalue weighted by Crippen LogP contribution is 2.21. The summed E-state index contributed by atoms with van der Waals surface area (Å²) in [4.78, 5) is 3.84. The third-order valence-electron chi connectivity index (χ3n) is 2.45. The third-order valence-corrected chi connectivity index (χ3v) is 2.89. The van der Waals surface area contributed by atoms with Gasteiger partial charge in [0.2, 0.25) is 0 Å². The summed E-state index contributed by atoms with van der Waals surface area (Å²) in [7, 11) is 1.84. The maximum Gasteiger partial charge on any atom is 0.252 e. The molecule has 0 radical (unpaired) electrons. The van der Waals surface area contributed by atoms with Gasteiger partial charge >= 0.3 is 0 Å². The highest BCUT2D eigenvalue weighted by atomic mass is 35.5. The van der Waals surface area contributed by atoms with Gasteiger partial charge in [-0.25, -0.2) is 9.67 Å². The standard InChI is InChI=1S/C10H11ClN6/c1-3-7-10(11)8(16(2)14-7)5-17-6-13-9(4-12)15-17/h6H,3,5H2,1-2H3. The zero-order valence-electron chi connectivity index (χ0n) is 9.55. The number of hydrogen-bond donors (Lipinski definition) is 0. The first-order chi connectivity index (χ1) is 8.15. The van der Waals surface area contributed by atoms with Gasteiger partial charge in [-0.2, -0.15) is 10.4 Å². The predicted molar refractivity (Wildman–Crippen MR) is 61.4 cm³/mol. The van der Waals surface area contributed by atoms with Crippen LogP contribution < -0.4 is 0 Å². The minimum absolute atomic E-state index is 0.152. The van der Waals surface area contributed by atoms with Gasteiger partial charge in [-0.1, -0.05) is 18.5 Å². The van der Waals surface area contributed by atoms with E-state index in [1.165, 1.54) is 6.33 Å². The molecule has 0 fully saturated rings. The molecule has 2 rings (SSSR count). The zero-order valence-corrected chi connectivity index (χ0v) is 10.3. The van der Waals surface area contributed by atoms with Crippen LogP contribution in [-0.2, 0) is 20.0 Å². The number of aryl methyl sites for hydroxylation is 2. The Kier molecular flexibility index (Phi) is 3.11. The number of nitriles is 1. The molecule has 0 saturated heterocycles. The average Bonchev–Trinajstić information content (AvgIpc) is 2.88. The van der Waals surface area contributed by atoms with E-state index in [0.29, 0.717) is 11.6 Å². The van der Waals surface area contributed by atoms with Crippen LogP contribution in [0.5, 0.6) is 0 Å². The van der Waals surface area contributed by atoms with Crippen molar-refractivity contribution in [1.82, 2.24) is 24.5 Å². The van der Waals surface area contributed by atoms with Crippen LogP contribution in [0.2, 0.25) is 5.02 Å². The van der Waals surface area contributed by atoms with Gasteiger partial charge in [-0.05, 0) is 6.42 Å². The molecular formula is C10H11ClN6. The van der Waals surface area contributed by atoms with Crippen molar-refractivity contribution < 1.29 is 0 Å². The van der Waals surface area contributed by atoms with Crippen molar-refractivity contribution in [3.63, 3.8) is 0 Å². The van der Waals surface area contributed by atoms with Gasteiger partial charge in [0.05, 0.1) is 23.0 Å². The van der Waals surface area contributed by atoms with Gasteiger partial charge in [0.25, 0.3) is 5.82 Å². The second-order valence-corrected chi connectivity index (χ2v) is 3.94. The SMILES string of the molecule is CCc1nn(C)c(Cn2cnc(C#N)n2)c1Cl. The molecule has 0 unspecified atom stereocenters. The molecule has 0 amide bonds.